The van der Waals surface area contributed by atoms with Crippen molar-refractivity contribution in [1.82, 2.24) is 29.3 Å². The number of alkyl halides is 3. The Kier molecular flexibility index (Phi) is 8.42. The molecule has 1 saturated heterocycles. The van der Waals surface area contributed by atoms with Crippen molar-refractivity contribution in [3.63, 3.8) is 0 Å². The molecule has 4 aliphatic rings. The maximum atomic E-state index is 13.6. The predicted molar refractivity (Wildman–Crippen MR) is 163 cm³/mol. The van der Waals surface area contributed by atoms with Crippen LogP contribution in [0, 0.1) is 6.92 Å². The molecule has 0 unspecified atom stereocenters. The molecule has 2 aromatic rings. The van der Waals surface area contributed by atoms with Crippen LogP contribution in [0.4, 0.5) is 24.7 Å². The number of nitrogens with two attached hydrogens (primary N) is 1. The predicted octanol–water partition coefficient (Wildman–Crippen LogP) is 3.59. The van der Waals surface area contributed by atoms with Gasteiger partial charge in [-0.3, -0.25) is 4.90 Å². The van der Waals surface area contributed by atoms with Crippen LogP contribution in [0.25, 0.3) is 22.5 Å². The summed E-state index contributed by atoms with van der Waals surface area (Å²) in [6.07, 6.45) is -1.03. The van der Waals surface area contributed by atoms with E-state index in [9.17, 15) is 18.0 Å². The Labute approximate surface area is 257 Å². The molecule has 5 heterocycles. The Hall–Kier alpha value is -4.56. The van der Waals surface area contributed by atoms with E-state index in [4.69, 9.17) is 15.8 Å². The number of rotatable bonds is 8. The molecule has 11 nitrogen and oxygen atoms in total. The fraction of sp³-hybridized carbons (Fsp3) is 0.387. The number of fused-ring (bicyclic) bond motifs is 3. The van der Waals surface area contributed by atoms with E-state index in [1.807, 2.05) is 29.3 Å². The number of aryl methyl sites for hydroxylation is 1. The number of nitrogens with zero attached hydrogens (tertiary/aromatic N) is 7. The minimum Gasteiger partial charge on any atom is -0.477 e. The minimum absolute atomic E-state index is 0.0224. The molecule has 0 aliphatic carbocycles. The molecule has 1 fully saturated rings. The van der Waals surface area contributed by atoms with Crippen LogP contribution in [0.3, 0.4) is 0 Å². The zero-order valence-electron chi connectivity index (χ0n) is 24.8. The third kappa shape index (κ3) is 6.61. The Morgan fingerprint density at radius 3 is 2.58 bits per heavy atom. The third-order valence-electron chi connectivity index (χ3n) is 8.30. The van der Waals surface area contributed by atoms with Gasteiger partial charge >= 0.3 is 12.1 Å². The second kappa shape index (κ2) is 12.4. The van der Waals surface area contributed by atoms with Crippen molar-refractivity contribution in [2.24, 2.45) is 4.99 Å². The Balaban J connectivity index is 1.06. The standard InChI is InChI=1S/C31H34F3N9O2/c1-19-3-4-22(35)14-23(19)24-13-20-16-39-30(40-27(20)43-8-6-36-28(24)43)37-5-2-7-41-9-11-42(12-10-41)18-21-17-38-26(29(44)45)15-25(21)31(32,33)34/h3-4,13-17,36H,2,5-12,18,35H2,1H3,(H,44,45). The summed E-state index contributed by atoms with van der Waals surface area (Å²) in [6, 6.07) is 8.62. The van der Waals surface area contributed by atoms with E-state index in [1.54, 1.807) is 0 Å². The van der Waals surface area contributed by atoms with Crippen molar-refractivity contribution in [3.8, 4) is 22.5 Å². The summed E-state index contributed by atoms with van der Waals surface area (Å²) >= 11 is 0. The van der Waals surface area contributed by atoms with Gasteiger partial charge in [0.25, 0.3) is 0 Å². The molecule has 0 atom stereocenters. The first kappa shape index (κ1) is 30.5. The zero-order valence-corrected chi connectivity index (χ0v) is 24.8. The summed E-state index contributed by atoms with van der Waals surface area (Å²) in [5.74, 6) is 0.341. The maximum absolute atomic E-state index is 13.6. The number of aromatic carboxylic acids is 1. The molecule has 0 radical (unpaired) electrons. The lowest BCUT2D eigenvalue weighted by molar-refractivity contribution is -0.138. The quantitative estimate of drug-likeness (QED) is 0.199. The zero-order chi connectivity index (χ0) is 31.7. The first-order valence-electron chi connectivity index (χ1n) is 14.8. The number of aromatic nitrogens is 4. The van der Waals surface area contributed by atoms with Crippen LogP contribution in [-0.4, -0.2) is 86.2 Å². The van der Waals surface area contributed by atoms with Crippen LogP contribution in [0.15, 0.2) is 47.7 Å². The number of carbonyl (C=O) groups is 1. The van der Waals surface area contributed by atoms with Gasteiger partial charge in [-0.25, -0.2) is 19.8 Å². The van der Waals surface area contributed by atoms with Gasteiger partial charge in [-0.2, -0.15) is 18.2 Å². The average molecular weight is 622 g/mol. The van der Waals surface area contributed by atoms with Gasteiger partial charge in [-0.1, -0.05) is 6.07 Å². The second-order valence-corrected chi connectivity index (χ2v) is 11.4. The van der Waals surface area contributed by atoms with E-state index in [1.165, 1.54) is 0 Å². The van der Waals surface area contributed by atoms with Crippen LogP contribution < -0.4 is 16.7 Å². The summed E-state index contributed by atoms with van der Waals surface area (Å²) in [4.78, 5) is 32.9. The highest BCUT2D eigenvalue weighted by Gasteiger charge is 2.35. The van der Waals surface area contributed by atoms with Gasteiger partial charge < -0.3 is 25.6 Å². The molecule has 0 saturated carbocycles. The maximum Gasteiger partial charge on any atom is 0.416 e. The number of nitrogen functional groups attached to an aromatic ring is 1. The number of benzene rings is 1. The largest absolute Gasteiger partial charge is 0.477 e. The molecule has 236 valence electrons. The van der Waals surface area contributed by atoms with E-state index < -0.39 is 23.4 Å². The third-order valence-corrected chi connectivity index (χ3v) is 8.30. The molecule has 0 spiro atoms. The van der Waals surface area contributed by atoms with Gasteiger partial charge in [0.2, 0.25) is 5.62 Å². The number of anilines is 2. The molecule has 1 aromatic carbocycles. The Morgan fingerprint density at radius 1 is 1.04 bits per heavy atom. The summed E-state index contributed by atoms with van der Waals surface area (Å²) in [5.41, 5.74) is 9.83. The van der Waals surface area contributed by atoms with Crippen molar-refractivity contribution in [3.05, 3.63) is 70.7 Å². The van der Waals surface area contributed by atoms with Crippen LogP contribution >= 0.6 is 0 Å². The van der Waals surface area contributed by atoms with Crippen molar-refractivity contribution in [2.45, 2.75) is 32.6 Å². The Morgan fingerprint density at radius 2 is 1.82 bits per heavy atom. The minimum atomic E-state index is -4.66. The topological polar surface area (TPSA) is 138 Å². The number of halogens is 3. The highest BCUT2D eigenvalue weighted by atomic mass is 19.4. The number of hydrogen-bond donors (Lipinski definition) is 3. The number of nitrogens with one attached hydrogen (secondary N) is 1. The number of carboxylic acids is 1. The molecule has 14 heteroatoms. The second-order valence-electron chi connectivity index (χ2n) is 11.4. The number of carboxylic acid groups (broad SMARTS) is 1. The van der Waals surface area contributed by atoms with Gasteiger partial charge in [0, 0.05) is 88.1 Å². The summed E-state index contributed by atoms with van der Waals surface area (Å²) in [5, 5.41) is 12.5. The number of pyridine rings is 2. The van der Waals surface area contributed by atoms with E-state index in [0.717, 1.165) is 66.1 Å². The van der Waals surface area contributed by atoms with Gasteiger partial charge in [0.15, 0.2) is 0 Å². The van der Waals surface area contributed by atoms with Crippen molar-refractivity contribution < 1.29 is 23.1 Å². The van der Waals surface area contributed by atoms with Gasteiger partial charge in [-0.15, -0.1) is 0 Å². The van der Waals surface area contributed by atoms with Crippen molar-refractivity contribution >= 4 is 17.5 Å². The molecule has 45 heavy (non-hydrogen) atoms. The fourth-order valence-electron chi connectivity index (χ4n) is 5.95. The lowest BCUT2D eigenvalue weighted by atomic mass is 9.98. The smallest absolute Gasteiger partial charge is 0.416 e. The van der Waals surface area contributed by atoms with E-state index in [2.05, 4.69) is 42.7 Å². The van der Waals surface area contributed by atoms with E-state index in [-0.39, 0.29) is 12.1 Å². The molecule has 1 aromatic heterocycles. The van der Waals surface area contributed by atoms with E-state index in [0.29, 0.717) is 50.1 Å². The first-order chi connectivity index (χ1) is 21.6. The Bertz CT molecular complexity index is 1760. The highest BCUT2D eigenvalue weighted by molar-refractivity contribution is 5.86. The molecule has 4 aliphatic heterocycles. The number of piperazine rings is 1. The molecular weight excluding hydrogens is 587 g/mol. The molecule has 6 rings (SSSR count). The van der Waals surface area contributed by atoms with Crippen molar-refractivity contribution in [2.75, 3.05) is 56.9 Å². The highest BCUT2D eigenvalue weighted by Crippen LogP contribution is 2.38. The van der Waals surface area contributed by atoms with Gasteiger partial charge in [0.1, 0.15) is 17.3 Å². The van der Waals surface area contributed by atoms with Crippen molar-refractivity contribution in [1.29, 1.82) is 0 Å². The average Bonchev–Trinajstić information content (AvgIpc) is 3.51. The summed E-state index contributed by atoms with van der Waals surface area (Å²) in [6.45, 7) is 7.66. The SMILES string of the molecule is Cc1ccc(N)cc1-c1cc2cnc(=NCCCN3CCN(Cc4cnc(C(=O)O)cc4C(F)(F)F)CC3)nc-2n2c1NCC2. The summed E-state index contributed by atoms with van der Waals surface area (Å²) in [7, 11) is 0. The number of hydrogen-bond acceptors (Lipinski definition) is 9. The van der Waals surface area contributed by atoms with Gasteiger partial charge in [0.05, 0.1) is 5.56 Å². The molecular formula is C31H34F3N9O2. The molecule has 0 bridgehead atoms. The van der Waals surface area contributed by atoms with Crippen LogP contribution in [0.1, 0.15) is 33.6 Å². The van der Waals surface area contributed by atoms with Crippen LogP contribution in [0.2, 0.25) is 0 Å². The monoisotopic (exact) mass is 621 g/mol. The molecule has 0 amide bonds. The lowest BCUT2D eigenvalue weighted by Crippen LogP contribution is -2.46. The first-order valence-corrected chi connectivity index (χ1v) is 14.8. The summed E-state index contributed by atoms with van der Waals surface area (Å²) < 4.78 is 42.9. The molecule has 4 N–H and O–H groups in total. The van der Waals surface area contributed by atoms with E-state index >= 15 is 0 Å². The normalized spacial score (nSPS) is 16.2. The fourth-order valence-corrected chi connectivity index (χ4v) is 5.95. The van der Waals surface area contributed by atoms with Crippen LogP contribution in [0.5, 0.6) is 0 Å². The van der Waals surface area contributed by atoms with Gasteiger partial charge in [-0.05, 0) is 54.3 Å². The van der Waals surface area contributed by atoms with Crippen LogP contribution in [-0.2, 0) is 19.3 Å². The lowest BCUT2D eigenvalue weighted by Gasteiger charge is -2.35.